The average Bonchev–Trinajstić information content (AvgIpc) is 3.11. The van der Waals surface area contributed by atoms with E-state index in [4.69, 9.17) is 9.47 Å². The van der Waals surface area contributed by atoms with Crippen LogP contribution in [-0.2, 0) is 0 Å². The maximum atomic E-state index is 12.4. The summed E-state index contributed by atoms with van der Waals surface area (Å²) in [4.78, 5) is 15.5. The van der Waals surface area contributed by atoms with Gasteiger partial charge in [-0.25, -0.2) is 0 Å². The molecule has 0 saturated heterocycles. The SMILES string of the molecule is CN1/C(=C/C(=O)c2ccc(I)cc2)Sc2cc3c(cc21)OCO3. The highest BCUT2D eigenvalue weighted by molar-refractivity contribution is 14.1. The molecule has 0 N–H and O–H groups in total. The van der Waals surface area contributed by atoms with Crippen molar-refractivity contribution in [2.75, 3.05) is 18.7 Å². The number of halogens is 1. The first-order valence-electron chi connectivity index (χ1n) is 6.98. The van der Waals surface area contributed by atoms with E-state index >= 15 is 0 Å². The standard InChI is InChI=1S/C17H12INO3S/c1-19-12-6-14-15(22-9-21-14)8-16(12)23-17(19)7-13(20)10-2-4-11(18)5-3-10/h2-8H,9H2,1H3/b17-7-. The van der Waals surface area contributed by atoms with Crippen molar-refractivity contribution < 1.29 is 14.3 Å². The number of ether oxygens (including phenoxy) is 2. The summed E-state index contributed by atoms with van der Waals surface area (Å²) >= 11 is 3.79. The zero-order valence-corrected chi connectivity index (χ0v) is 15.2. The van der Waals surface area contributed by atoms with Gasteiger partial charge >= 0.3 is 0 Å². The number of allylic oxidation sites excluding steroid dienone is 1. The van der Waals surface area contributed by atoms with Gasteiger partial charge in [-0.15, -0.1) is 0 Å². The van der Waals surface area contributed by atoms with E-state index in [0.29, 0.717) is 5.56 Å². The lowest BCUT2D eigenvalue weighted by molar-refractivity contribution is 0.104. The van der Waals surface area contributed by atoms with Crippen molar-refractivity contribution in [1.29, 1.82) is 0 Å². The van der Waals surface area contributed by atoms with E-state index in [-0.39, 0.29) is 12.6 Å². The van der Waals surface area contributed by atoms with Crippen LogP contribution >= 0.6 is 34.4 Å². The Balaban J connectivity index is 1.63. The van der Waals surface area contributed by atoms with E-state index in [2.05, 4.69) is 22.6 Å². The Labute approximate surface area is 151 Å². The summed E-state index contributed by atoms with van der Waals surface area (Å²) < 4.78 is 12.0. The van der Waals surface area contributed by atoms with E-state index < -0.39 is 0 Å². The molecule has 0 radical (unpaired) electrons. The molecule has 0 unspecified atom stereocenters. The largest absolute Gasteiger partial charge is 0.454 e. The first-order valence-corrected chi connectivity index (χ1v) is 8.88. The van der Waals surface area contributed by atoms with Crippen LogP contribution in [0.5, 0.6) is 11.5 Å². The Hall–Kier alpha value is -1.67. The Kier molecular flexibility index (Phi) is 3.73. The van der Waals surface area contributed by atoms with Crippen molar-refractivity contribution in [3.05, 3.63) is 56.6 Å². The number of carbonyl (C=O) groups excluding carboxylic acids is 1. The molecule has 2 heterocycles. The van der Waals surface area contributed by atoms with Crippen LogP contribution in [0.3, 0.4) is 0 Å². The van der Waals surface area contributed by atoms with Crippen molar-refractivity contribution in [3.63, 3.8) is 0 Å². The maximum absolute atomic E-state index is 12.4. The van der Waals surface area contributed by atoms with Gasteiger partial charge in [-0.2, -0.15) is 0 Å². The first-order chi connectivity index (χ1) is 11.1. The second-order valence-corrected chi connectivity index (χ2v) is 7.50. The van der Waals surface area contributed by atoms with Gasteiger partial charge in [0.05, 0.1) is 10.7 Å². The molecule has 2 aliphatic heterocycles. The molecule has 4 nitrogen and oxygen atoms in total. The summed E-state index contributed by atoms with van der Waals surface area (Å²) in [5, 5.41) is 0.896. The van der Waals surface area contributed by atoms with Gasteiger partial charge in [0.1, 0.15) is 0 Å². The topological polar surface area (TPSA) is 38.8 Å². The predicted molar refractivity (Wildman–Crippen MR) is 98.4 cm³/mol. The molecule has 0 saturated carbocycles. The van der Waals surface area contributed by atoms with Gasteiger partial charge in [-0.05, 0) is 34.7 Å². The summed E-state index contributed by atoms with van der Waals surface area (Å²) in [5.74, 6) is 1.51. The number of hydrogen-bond acceptors (Lipinski definition) is 5. The molecule has 4 rings (SSSR count). The minimum atomic E-state index is 0.00333. The van der Waals surface area contributed by atoms with E-state index in [0.717, 1.165) is 30.7 Å². The highest BCUT2D eigenvalue weighted by Gasteiger charge is 2.27. The normalized spacial score (nSPS) is 16.8. The molecule has 0 aliphatic carbocycles. The number of ketones is 1. The van der Waals surface area contributed by atoms with Gasteiger partial charge in [-0.1, -0.05) is 23.9 Å². The number of fused-ring (bicyclic) bond motifs is 2. The minimum absolute atomic E-state index is 0.00333. The third-order valence-electron chi connectivity index (χ3n) is 3.74. The van der Waals surface area contributed by atoms with Gasteiger partial charge in [0.15, 0.2) is 17.3 Å². The second-order valence-electron chi connectivity index (χ2n) is 5.19. The smallest absolute Gasteiger partial charge is 0.231 e. The van der Waals surface area contributed by atoms with Gasteiger partial charge in [-0.3, -0.25) is 4.79 Å². The van der Waals surface area contributed by atoms with E-state index in [1.54, 1.807) is 17.8 Å². The molecular weight excluding hydrogens is 425 g/mol. The van der Waals surface area contributed by atoms with Crippen LogP contribution in [-0.4, -0.2) is 19.6 Å². The number of carbonyl (C=O) groups is 1. The Morgan fingerprint density at radius 3 is 2.65 bits per heavy atom. The van der Waals surface area contributed by atoms with Gasteiger partial charge < -0.3 is 14.4 Å². The monoisotopic (exact) mass is 437 g/mol. The predicted octanol–water partition coefficient (Wildman–Crippen LogP) is 4.29. The molecule has 2 aliphatic rings. The van der Waals surface area contributed by atoms with Gasteiger partial charge in [0.25, 0.3) is 0 Å². The zero-order chi connectivity index (χ0) is 16.0. The third-order valence-corrected chi connectivity index (χ3v) is 5.61. The van der Waals surface area contributed by atoms with Crippen molar-refractivity contribution in [3.8, 4) is 11.5 Å². The maximum Gasteiger partial charge on any atom is 0.231 e. The fourth-order valence-electron chi connectivity index (χ4n) is 2.49. The average molecular weight is 437 g/mol. The first kappa shape index (κ1) is 14.9. The van der Waals surface area contributed by atoms with Gasteiger partial charge in [0.2, 0.25) is 6.79 Å². The van der Waals surface area contributed by atoms with Crippen molar-refractivity contribution >= 4 is 45.8 Å². The lowest BCUT2D eigenvalue weighted by atomic mass is 10.1. The molecule has 0 atom stereocenters. The number of anilines is 1. The van der Waals surface area contributed by atoms with E-state index in [9.17, 15) is 4.79 Å². The Bertz CT molecular complexity index is 832. The molecule has 23 heavy (non-hydrogen) atoms. The van der Waals surface area contributed by atoms with Crippen LogP contribution in [0, 0.1) is 3.57 Å². The fraction of sp³-hybridized carbons (Fsp3) is 0.118. The summed E-state index contributed by atoms with van der Waals surface area (Å²) in [5.41, 5.74) is 1.72. The number of nitrogens with zero attached hydrogens (tertiary/aromatic N) is 1. The lowest BCUT2D eigenvalue weighted by Crippen LogP contribution is -2.11. The summed E-state index contributed by atoms with van der Waals surface area (Å²) in [6.07, 6.45) is 1.68. The molecule has 0 amide bonds. The van der Waals surface area contributed by atoms with Crippen molar-refractivity contribution in [2.45, 2.75) is 4.90 Å². The number of rotatable bonds is 2. The lowest BCUT2D eigenvalue weighted by Gasteiger charge is -2.13. The summed E-state index contributed by atoms with van der Waals surface area (Å²) in [7, 11) is 1.95. The van der Waals surface area contributed by atoms with Crippen molar-refractivity contribution in [1.82, 2.24) is 0 Å². The fourth-order valence-corrected chi connectivity index (χ4v) is 3.94. The van der Waals surface area contributed by atoms with Crippen LogP contribution in [0.2, 0.25) is 0 Å². The van der Waals surface area contributed by atoms with Crippen LogP contribution < -0.4 is 14.4 Å². The number of thioether (sulfide) groups is 1. The molecule has 2 aromatic carbocycles. The zero-order valence-electron chi connectivity index (χ0n) is 12.2. The molecule has 116 valence electrons. The molecule has 0 spiro atoms. The third kappa shape index (κ3) is 2.70. The highest BCUT2D eigenvalue weighted by Crippen LogP contribution is 2.50. The van der Waals surface area contributed by atoms with Crippen LogP contribution in [0.1, 0.15) is 10.4 Å². The number of benzene rings is 2. The molecule has 0 aromatic heterocycles. The molecule has 0 fully saturated rings. The summed E-state index contributed by atoms with van der Waals surface area (Å²) in [6, 6.07) is 11.5. The Morgan fingerprint density at radius 2 is 1.91 bits per heavy atom. The second kappa shape index (κ2) is 5.76. The summed E-state index contributed by atoms with van der Waals surface area (Å²) in [6.45, 7) is 0.264. The number of hydrogen-bond donors (Lipinski definition) is 0. The molecule has 0 bridgehead atoms. The molecular formula is C17H12INO3S. The minimum Gasteiger partial charge on any atom is -0.454 e. The van der Waals surface area contributed by atoms with E-state index in [1.807, 2.05) is 48.3 Å². The van der Waals surface area contributed by atoms with Crippen molar-refractivity contribution in [2.24, 2.45) is 0 Å². The van der Waals surface area contributed by atoms with E-state index in [1.165, 1.54) is 0 Å². The van der Waals surface area contributed by atoms with Gasteiger partial charge in [0, 0.05) is 39.3 Å². The molecule has 2 aromatic rings. The highest BCUT2D eigenvalue weighted by atomic mass is 127. The Morgan fingerprint density at radius 1 is 1.22 bits per heavy atom. The quantitative estimate of drug-likeness (QED) is 0.399. The molecule has 6 heteroatoms. The van der Waals surface area contributed by atoms with Crippen LogP contribution in [0.4, 0.5) is 5.69 Å². The van der Waals surface area contributed by atoms with Crippen LogP contribution in [0.15, 0.2) is 52.4 Å². The van der Waals surface area contributed by atoms with Crippen LogP contribution in [0.25, 0.3) is 0 Å².